The van der Waals surface area contributed by atoms with Crippen LogP contribution >= 0.6 is 0 Å². The van der Waals surface area contributed by atoms with Crippen molar-refractivity contribution in [3.63, 3.8) is 0 Å². The van der Waals surface area contributed by atoms with E-state index in [2.05, 4.69) is 27.0 Å². The summed E-state index contributed by atoms with van der Waals surface area (Å²) in [6, 6.07) is 0.236. The topological polar surface area (TPSA) is 91.7 Å². The van der Waals surface area contributed by atoms with Gasteiger partial charge in [-0.2, -0.15) is 20.1 Å². The van der Waals surface area contributed by atoms with Gasteiger partial charge in [0.1, 0.15) is 0 Å². The summed E-state index contributed by atoms with van der Waals surface area (Å²) < 4.78 is 7.10. The van der Waals surface area contributed by atoms with E-state index in [9.17, 15) is 0 Å². The quantitative estimate of drug-likeness (QED) is 0.892. The normalized spacial score (nSPS) is 10.8. The fourth-order valence-corrected chi connectivity index (χ4v) is 2.09. The molecule has 0 aliphatic carbocycles. The lowest BCUT2D eigenvalue weighted by molar-refractivity contribution is 0.291. The summed E-state index contributed by atoms with van der Waals surface area (Å²) in [6.45, 7) is 8.62. The number of aryl methyl sites for hydroxylation is 1. The van der Waals surface area contributed by atoms with Gasteiger partial charge >= 0.3 is 6.01 Å². The molecule has 2 aromatic heterocycles. The number of hydrogen-bond donors (Lipinski definition) is 1. The summed E-state index contributed by atoms with van der Waals surface area (Å²) >= 11 is 0. The highest BCUT2D eigenvalue weighted by Gasteiger charge is 2.15. The van der Waals surface area contributed by atoms with Crippen molar-refractivity contribution in [1.82, 2.24) is 24.7 Å². The van der Waals surface area contributed by atoms with Crippen LogP contribution in [-0.4, -0.2) is 31.3 Å². The second kappa shape index (κ2) is 5.85. The lowest BCUT2D eigenvalue weighted by Gasteiger charge is -2.07. The number of nitrogens with two attached hydrogens (primary N) is 1. The van der Waals surface area contributed by atoms with Crippen molar-refractivity contribution in [3.05, 3.63) is 17.0 Å². The van der Waals surface area contributed by atoms with Gasteiger partial charge in [-0.3, -0.25) is 0 Å². The van der Waals surface area contributed by atoms with Gasteiger partial charge in [-0.05, 0) is 32.3 Å². The summed E-state index contributed by atoms with van der Waals surface area (Å²) in [5.41, 5.74) is 8.89. The highest BCUT2D eigenvalue weighted by atomic mass is 16.5. The summed E-state index contributed by atoms with van der Waals surface area (Å²) in [6.07, 6.45) is 1.79. The maximum atomic E-state index is 5.71. The first-order chi connectivity index (χ1) is 9.56. The van der Waals surface area contributed by atoms with Gasteiger partial charge < -0.3 is 10.5 Å². The first-order valence-electron chi connectivity index (χ1n) is 6.76. The lowest BCUT2D eigenvalue weighted by Crippen LogP contribution is -2.11. The van der Waals surface area contributed by atoms with Crippen molar-refractivity contribution < 1.29 is 4.74 Å². The van der Waals surface area contributed by atoms with Crippen LogP contribution in [0.25, 0.3) is 5.95 Å². The number of nitrogens with zero attached hydrogens (tertiary/aromatic N) is 5. The molecule has 0 amide bonds. The van der Waals surface area contributed by atoms with Gasteiger partial charge in [-0.25, -0.2) is 4.68 Å². The van der Waals surface area contributed by atoms with Crippen LogP contribution in [-0.2, 0) is 6.42 Å². The molecule has 20 heavy (non-hydrogen) atoms. The van der Waals surface area contributed by atoms with Crippen molar-refractivity contribution in [1.29, 1.82) is 0 Å². The van der Waals surface area contributed by atoms with Crippen molar-refractivity contribution in [2.24, 2.45) is 0 Å². The van der Waals surface area contributed by atoms with E-state index in [1.807, 2.05) is 20.8 Å². The van der Waals surface area contributed by atoms with Gasteiger partial charge in [-0.1, -0.05) is 13.8 Å². The number of nitrogen functional groups attached to an aromatic ring is 1. The van der Waals surface area contributed by atoms with E-state index >= 15 is 0 Å². The number of anilines is 1. The molecule has 7 nitrogen and oxygen atoms in total. The van der Waals surface area contributed by atoms with Crippen molar-refractivity contribution in [3.8, 4) is 12.0 Å². The minimum Gasteiger partial charge on any atom is -0.463 e. The zero-order valence-electron chi connectivity index (χ0n) is 12.3. The molecule has 108 valence electrons. The Kier molecular flexibility index (Phi) is 4.16. The Hall–Kier alpha value is -2.18. The molecule has 0 atom stereocenters. The Morgan fingerprint density at radius 1 is 1.15 bits per heavy atom. The van der Waals surface area contributed by atoms with Gasteiger partial charge in [-0.15, -0.1) is 0 Å². The second-order valence-electron chi connectivity index (χ2n) is 4.54. The molecule has 2 aromatic rings. The molecule has 0 aromatic carbocycles. The molecule has 0 aliphatic heterocycles. The van der Waals surface area contributed by atoms with Crippen molar-refractivity contribution >= 4 is 5.95 Å². The molecule has 0 fully saturated rings. The predicted molar refractivity (Wildman–Crippen MR) is 76.0 cm³/mol. The van der Waals surface area contributed by atoms with Gasteiger partial charge in [0.15, 0.2) is 0 Å². The number of ether oxygens (including phenoxy) is 1. The number of rotatable bonds is 5. The highest BCUT2D eigenvalue weighted by molar-refractivity contribution is 5.32. The molecule has 7 heteroatoms. The van der Waals surface area contributed by atoms with E-state index < -0.39 is 0 Å². The smallest absolute Gasteiger partial charge is 0.323 e. The van der Waals surface area contributed by atoms with Crippen LogP contribution in [0.2, 0.25) is 0 Å². The Morgan fingerprint density at radius 3 is 2.50 bits per heavy atom. The van der Waals surface area contributed by atoms with E-state index in [0.29, 0.717) is 12.6 Å². The molecule has 0 unspecified atom stereocenters. The molecule has 0 saturated carbocycles. The van der Waals surface area contributed by atoms with Crippen LogP contribution in [0, 0.1) is 13.8 Å². The molecule has 2 heterocycles. The van der Waals surface area contributed by atoms with Gasteiger partial charge in [0.2, 0.25) is 5.95 Å². The summed E-state index contributed by atoms with van der Waals surface area (Å²) in [5.74, 6) is 0.524. The third-order valence-electron chi connectivity index (χ3n) is 3.04. The number of aromatic nitrogens is 5. The number of hydrogen-bond acceptors (Lipinski definition) is 6. The standard InChI is InChI=1S/C13H20N6O/c1-5-7-20-13-16-11(14)15-12(17-13)19-9(4)10(6-2)8(3)18-19/h5-7H2,1-4H3,(H2,14,15,16,17). The lowest BCUT2D eigenvalue weighted by atomic mass is 10.1. The first-order valence-corrected chi connectivity index (χ1v) is 6.76. The largest absolute Gasteiger partial charge is 0.463 e. The Labute approximate surface area is 118 Å². The fourth-order valence-electron chi connectivity index (χ4n) is 2.09. The highest BCUT2D eigenvalue weighted by Crippen LogP contribution is 2.17. The minimum absolute atomic E-state index is 0.131. The van der Waals surface area contributed by atoms with Crippen molar-refractivity contribution in [2.45, 2.75) is 40.5 Å². The summed E-state index contributed by atoms with van der Waals surface area (Å²) in [7, 11) is 0. The molecule has 0 spiro atoms. The minimum atomic E-state index is 0.131. The van der Waals surface area contributed by atoms with Gasteiger partial charge in [0.05, 0.1) is 12.3 Å². The Bertz CT molecular complexity index is 607. The van der Waals surface area contributed by atoms with Crippen LogP contribution in [0.3, 0.4) is 0 Å². The molecular formula is C13H20N6O. The van der Waals surface area contributed by atoms with Crippen LogP contribution in [0.15, 0.2) is 0 Å². The Morgan fingerprint density at radius 2 is 1.90 bits per heavy atom. The molecule has 2 N–H and O–H groups in total. The van der Waals surface area contributed by atoms with Crippen LogP contribution < -0.4 is 10.5 Å². The summed E-state index contributed by atoms with van der Waals surface area (Å²) in [4.78, 5) is 12.4. The molecule has 0 aliphatic rings. The van der Waals surface area contributed by atoms with E-state index in [4.69, 9.17) is 10.5 Å². The van der Waals surface area contributed by atoms with Gasteiger partial charge in [0.25, 0.3) is 5.95 Å². The zero-order chi connectivity index (χ0) is 14.7. The maximum Gasteiger partial charge on any atom is 0.323 e. The average Bonchev–Trinajstić information content (AvgIpc) is 2.70. The second-order valence-corrected chi connectivity index (χ2v) is 4.54. The van der Waals surface area contributed by atoms with Crippen LogP contribution in [0.4, 0.5) is 5.95 Å². The SMILES string of the molecule is CCCOc1nc(N)nc(-n2nc(C)c(CC)c2C)n1. The average molecular weight is 276 g/mol. The monoisotopic (exact) mass is 276 g/mol. The van der Waals surface area contributed by atoms with Crippen molar-refractivity contribution in [2.75, 3.05) is 12.3 Å². The molecule has 2 rings (SSSR count). The maximum absolute atomic E-state index is 5.71. The fraction of sp³-hybridized carbons (Fsp3) is 0.538. The predicted octanol–water partition coefficient (Wildman–Crippen LogP) is 1.61. The van der Waals surface area contributed by atoms with Gasteiger partial charge in [0, 0.05) is 5.69 Å². The van der Waals surface area contributed by atoms with E-state index in [1.165, 1.54) is 5.56 Å². The third-order valence-corrected chi connectivity index (χ3v) is 3.04. The van der Waals surface area contributed by atoms with E-state index in [1.54, 1.807) is 4.68 Å². The zero-order valence-corrected chi connectivity index (χ0v) is 12.3. The molecular weight excluding hydrogens is 256 g/mol. The van der Waals surface area contributed by atoms with Crippen LogP contribution in [0.5, 0.6) is 6.01 Å². The molecule has 0 saturated heterocycles. The summed E-state index contributed by atoms with van der Waals surface area (Å²) in [5, 5.41) is 4.47. The Balaban J connectivity index is 2.44. The van der Waals surface area contributed by atoms with E-state index in [-0.39, 0.29) is 12.0 Å². The molecule has 0 bridgehead atoms. The van der Waals surface area contributed by atoms with Crippen LogP contribution in [0.1, 0.15) is 37.2 Å². The first kappa shape index (κ1) is 14.2. The van der Waals surface area contributed by atoms with E-state index in [0.717, 1.165) is 24.2 Å². The molecule has 0 radical (unpaired) electrons. The third kappa shape index (κ3) is 2.71.